The lowest BCUT2D eigenvalue weighted by molar-refractivity contribution is -0.119. The van der Waals surface area contributed by atoms with Crippen molar-refractivity contribution in [1.29, 1.82) is 5.26 Å². The number of benzene rings is 1. The average molecular weight is 343 g/mol. The first-order valence-corrected chi connectivity index (χ1v) is 7.68. The number of aliphatic imine (C=N–C) groups is 1. The van der Waals surface area contributed by atoms with Gasteiger partial charge in [0.05, 0.1) is 24.5 Å². The molecular formula is C16H17N5O4. The van der Waals surface area contributed by atoms with Crippen molar-refractivity contribution in [1.82, 2.24) is 5.32 Å². The highest BCUT2D eigenvalue weighted by Crippen LogP contribution is 2.36. The van der Waals surface area contributed by atoms with Crippen LogP contribution in [0, 0.1) is 11.5 Å². The predicted octanol–water partition coefficient (Wildman–Crippen LogP) is 0.856. The number of amidine groups is 1. The van der Waals surface area contributed by atoms with E-state index in [0.29, 0.717) is 23.8 Å². The maximum Gasteiger partial charge on any atom is 0.414 e. The molecule has 2 aliphatic heterocycles. The Kier molecular flexibility index (Phi) is 4.43. The van der Waals surface area contributed by atoms with Gasteiger partial charge in [-0.3, -0.25) is 9.69 Å². The minimum absolute atomic E-state index is 0.172. The lowest BCUT2D eigenvalue weighted by atomic mass is 10.2. The summed E-state index contributed by atoms with van der Waals surface area (Å²) in [6, 6.07) is 5.32. The van der Waals surface area contributed by atoms with Gasteiger partial charge in [-0.15, -0.1) is 0 Å². The van der Waals surface area contributed by atoms with Gasteiger partial charge in [0.2, 0.25) is 12.1 Å². The predicted molar refractivity (Wildman–Crippen MR) is 89.7 cm³/mol. The summed E-state index contributed by atoms with van der Waals surface area (Å²) in [6.45, 7) is 2.20. The van der Waals surface area contributed by atoms with Crippen molar-refractivity contribution in [2.45, 2.75) is 13.0 Å². The van der Waals surface area contributed by atoms with Gasteiger partial charge in [0, 0.05) is 20.0 Å². The molecule has 1 aromatic carbocycles. The third-order valence-corrected chi connectivity index (χ3v) is 3.99. The second-order valence-electron chi connectivity index (χ2n) is 5.68. The van der Waals surface area contributed by atoms with Gasteiger partial charge in [-0.1, -0.05) is 0 Å². The van der Waals surface area contributed by atoms with Crippen molar-refractivity contribution >= 4 is 29.2 Å². The van der Waals surface area contributed by atoms with Crippen molar-refractivity contribution in [3.63, 3.8) is 0 Å². The summed E-state index contributed by atoms with van der Waals surface area (Å²) in [7, 11) is 1.80. The van der Waals surface area contributed by atoms with Crippen molar-refractivity contribution in [3.05, 3.63) is 18.2 Å². The molecule has 1 N–H and O–H groups in total. The molecule has 3 rings (SSSR count). The smallest absolute Gasteiger partial charge is 0.414 e. The van der Waals surface area contributed by atoms with E-state index in [1.165, 1.54) is 11.8 Å². The number of nitrogens with one attached hydrogen (secondary N) is 1. The van der Waals surface area contributed by atoms with Crippen LogP contribution in [0.3, 0.4) is 0 Å². The fourth-order valence-corrected chi connectivity index (χ4v) is 2.70. The van der Waals surface area contributed by atoms with Gasteiger partial charge < -0.3 is 19.7 Å². The molecule has 0 radical (unpaired) electrons. The number of amides is 2. The Balaban J connectivity index is 1.77. The van der Waals surface area contributed by atoms with Crippen molar-refractivity contribution in [2.24, 2.45) is 4.99 Å². The van der Waals surface area contributed by atoms with Crippen LogP contribution in [0.2, 0.25) is 0 Å². The summed E-state index contributed by atoms with van der Waals surface area (Å²) in [4.78, 5) is 30.1. The van der Waals surface area contributed by atoms with Crippen LogP contribution in [0.1, 0.15) is 6.92 Å². The second kappa shape index (κ2) is 6.68. The Labute approximate surface area is 144 Å². The summed E-state index contributed by atoms with van der Waals surface area (Å²) >= 11 is 0. The van der Waals surface area contributed by atoms with Crippen LogP contribution in [-0.4, -0.2) is 50.7 Å². The highest BCUT2D eigenvalue weighted by molar-refractivity contribution is 6.02. The second-order valence-corrected chi connectivity index (χ2v) is 5.68. The van der Waals surface area contributed by atoms with Gasteiger partial charge in [-0.25, -0.2) is 4.79 Å². The first kappa shape index (κ1) is 16.6. The third kappa shape index (κ3) is 3.33. The van der Waals surface area contributed by atoms with Gasteiger partial charge in [0.1, 0.15) is 18.5 Å². The molecule has 1 saturated heterocycles. The van der Waals surface area contributed by atoms with E-state index >= 15 is 0 Å². The highest BCUT2D eigenvalue weighted by Gasteiger charge is 2.33. The molecule has 9 heteroatoms. The molecule has 1 fully saturated rings. The van der Waals surface area contributed by atoms with Crippen molar-refractivity contribution in [2.75, 3.05) is 36.5 Å². The zero-order valence-corrected chi connectivity index (χ0v) is 13.9. The van der Waals surface area contributed by atoms with Crippen molar-refractivity contribution in [3.8, 4) is 11.9 Å². The van der Waals surface area contributed by atoms with E-state index < -0.39 is 12.2 Å². The zero-order valence-electron chi connectivity index (χ0n) is 13.9. The van der Waals surface area contributed by atoms with E-state index in [1.54, 1.807) is 36.3 Å². The molecule has 9 nitrogen and oxygen atoms in total. The lowest BCUT2D eigenvalue weighted by Crippen LogP contribution is -2.36. The fraction of sp³-hybridized carbons (Fsp3) is 0.375. The van der Waals surface area contributed by atoms with Gasteiger partial charge in [0.15, 0.2) is 5.84 Å². The van der Waals surface area contributed by atoms with E-state index in [4.69, 9.17) is 14.7 Å². The number of nitriles is 1. The van der Waals surface area contributed by atoms with Crippen molar-refractivity contribution < 1.29 is 19.1 Å². The molecule has 2 aliphatic rings. The zero-order chi connectivity index (χ0) is 18.0. The Morgan fingerprint density at radius 2 is 2.32 bits per heavy atom. The molecule has 25 heavy (non-hydrogen) atoms. The molecule has 2 amide bonds. The van der Waals surface area contributed by atoms with Gasteiger partial charge in [-0.05, 0) is 12.1 Å². The molecule has 0 bridgehead atoms. The molecule has 0 spiro atoms. The fourth-order valence-electron chi connectivity index (χ4n) is 2.70. The number of hydrogen-bond donors (Lipinski definition) is 1. The molecule has 0 saturated carbocycles. The number of nitrogens with zero attached hydrogens (tertiary/aromatic N) is 4. The maximum atomic E-state index is 12.1. The largest absolute Gasteiger partial charge is 0.483 e. The summed E-state index contributed by atoms with van der Waals surface area (Å²) in [5.74, 6) is 0.934. The summed E-state index contributed by atoms with van der Waals surface area (Å²) in [5, 5.41) is 11.3. The normalized spacial score (nSPS) is 20.6. The number of anilines is 2. The SMILES string of the molecule is CC(=O)NC[C@H]1CN(c2ccc3c(c2)OCC(=NC#N)N3C)C(=O)O1. The standard InChI is InChI=1S/C16H17N5O4/c1-10(22)18-6-12-7-21(16(23)25-12)11-3-4-13-14(5-11)24-8-15(19-9-17)20(13)2/h3-5,12H,6-8H2,1-2H3,(H,18,22)/t12-/m0/s1. The minimum atomic E-state index is -0.466. The molecular weight excluding hydrogens is 326 g/mol. The lowest BCUT2D eigenvalue weighted by Gasteiger charge is -2.29. The topological polar surface area (TPSA) is 107 Å². The molecule has 1 atom stereocenters. The highest BCUT2D eigenvalue weighted by atomic mass is 16.6. The average Bonchev–Trinajstić information content (AvgIpc) is 2.96. The molecule has 1 aromatic rings. The minimum Gasteiger partial charge on any atom is -0.483 e. The Hall–Kier alpha value is -3.28. The third-order valence-electron chi connectivity index (χ3n) is 3.99. The molecule has 0 aromatic heterocycles. The monoisotopic (exact) mass is 343 g/mol. The first-order valence-electron chi connectivity index (χ1n) is 7.68. The van der Waals surface area contributed by atoms with E-state index in [-0.39, 0.29) is 19.1 Å². The number of rotatable bonds is 3. The number of cyclic esters (lactones) is 1. The summed E-state index contributed by atoms with van der Waals surface area (Å²) < 4.78 is 10.9. The number of ether oxygens (including phenoxy) is 2. The Morgan fingerprint density at radius 3 is 3.04 bits per heavy atom. The first-order chi connectivity index (χ1) is 12.0. The van der Waals surface area contributed by atoms with Crippen LogP contribution in [-0.2, 0) is 9.53 Å². The van der Waals surface area contributed by atoms with Gasteiger partial charge >= 0.3 is 6.09 Å². The van der Waals surface area contributed by atoms with Gasteiger partial charge in [0.25, 0.3) is 0 Å². The van der Waals surface area contributed by atoms with Crippen LogP contribution in [0.4, 0.5) is 16.2 Å². The number of likely N-dealkylation sites (N-methyl/N-ethyl adjacent to an activating group) is 1. The molecule has 2 heterocycles. The number of carbonyl (C=O) groups is 2. The molecule has 0 unspecified atom stereocenters. The van der Waals surface area contributed by atoms with Crippen LogP contribution in [0.25, 0.3) is 0 Å². The van der Waals surface area contributed by atoms with E-state index in [1.807, 2.05) is 0 Å². The van der Waals surface area contributed by atoms with Gasteiger partial charge in [-0.2, -0.15) is 10.3 Å². The van der Waals surface area contributed by atoms with Crippen LogP contribution >= 0.6 is 0 Å². The number of fused-ring (bicyclic) bond motifs is 1. The summed E-state index contributed by atoms with van der Waals surface area (Å²) in [6.07, 6.45) is 0.888. The van der Waals surface area contributed by atoms with Crippen LogP contribution < -0.4 is 19.9 Å². The van der Waals surface area contributed by atoms with E-state index in [9.17, 15) is 9.59 Å². The van der Waals surface area contributed by atoms with E-state index in [0.717, 1.165) is 5.69 Å². The quantitative estimate of drug-likeness (QED) is 0.816. The van der Waals surface area contributed by atoms with Crippen LogP contribution in [0.15, 0.2) is 23.2 Å². The molecule has 130 valence electrons. The van der Waals surface area contributed by atoms with Crippen LogP contribution in [0.5, 0.6) is 5.75 Å². The number of carbonyl (C=O) groups excluding carboxylic acids is 2. The maximum absolute atomic E-state index is 12.1. The Bertz CT molecular complexity index is 785. The molecule has 0 aliphatic carbocycles. The Morgan fingerprint density at radius 1 is 1.52 bits per heavy atom. The summed E-state index contributed by atoms with van der Waals surface area (Å²) in [5.41, 5.74) is 1.40. The number of hydrogen-bond acceptors (Lipinski definition) is 6. The van der Waals surface area contributed by atoms with E-state index in [2.05, 4.69) is 10.3 Å².